The van der Waals surface area contributed by atoms with Crippen molar-refractivity contribution >= 4 is 32.9 Å². The lowest BCUT2D eigenvalue weighted by molar-refractivity contribution is 0.105. The number of benzene rings is 1. The third-order valence-electron chi connectivity index (χ3n) is 2.94. The Morgan fingerprint density at radius 2 is 2.20 bits per heavy atom. The number of halogens is 2. The molecule has 0 amide bonds. The van der Waals surface area contributed by atoms with Crippen LogP contribution in [0.25, 0.3) is 11.0 Å². The predicted molar refractivity (Wildman–Crippen MR) is 82.1 cm³/mol. The van der Waals surface area contributed by atoms with E-state index in [0.29, 0.717) is 40.5 Å². The molecule has 0 spiro atoms. The van der Waals surface area contributed by atoms with E-state index in [1.165, 1.54) is 6.07 Å². The van der Waals surface area contributed by atoms with E-state index >= 15 is 0 Å². The number of ether oxygens (including phenoxy) is 1. The van der Waals surface area contributed by atoms with Gasteiger partial charge in [0.25, 0.3) is 0 Å². The van der Waals surface area contributed by atoms with Crippen LogP contribution in [0.2, 0.25) is 0 Å². The van der Waals surface area contributed by atoms with Gasteiger partial charge in [0.15, 0.2) is 0 Å². The van der Waals surface area contributed by atoms with Crippen LogP contribution < -0.4 is 5.73 Å². The molecule has 2 rings (SSSR count). The summed E-state index contributed by atoms with van der Waals surface area (Å²) in [6.45, 7) is 6.31. The highest BCUT2D eigenvalue weighted by Crippen LogP contribution is 2.25. The lowest BCUT2D eigenvalue weighted by atomic mass is 10.2. The van der Waals surface area contributed by atoms with E-state index in [2.05, 4.69) is 34.8 Å². The van der Waals surface area contributed by atoms with Crippen molar-refractivity contribution in [2.75, 3.05) is 18.9 Å². The molecule has 4 nitrogen and oxygen atoms in total. The number of nitrogen functional groups attached to an aromatic ring is 1. The molecule has 2 aromatic rings. The summed E-state index contributed by atoms with van der Waals surface area (Å²) in [7, 11) is 0. The van der Waals surface area contributed by atoms with Gasteiger partial charge >= 0.3 is 0 Å². The van der Waals surface area contributed by atoms with Gasteiger partial charge < -0.3 is 15.0 Å². The highest BCUT2D eigenvalue weighted by atomic mass is 79.9. The number of fused-ring (bicyclic) bond motifs is 1. The van der Waals surface area contributed by atoms with Gasteiger partial charge in [-0.05, 0) is 34.3 Å². The third-order valence-corrected chi connectivity index (χ3v) is 3.55. The maximum atomic E-state index is 13.6. The van der Waals surface area contributed by atoms with Crippen molar-refractivity contribution in [3.8, 4) is 0 Å². The van der Waals surface area contributed by atoms with Crippen LogP contribution in [0, 0.1) is 11.7 Å². The van der Waals surface area contributed by atoms with Gasteiger partial charge in [-0.2, -0.15) is 0 Å². The van der Waals surface area contributed by atoms with Crippen molar-refractivity contribution in [1.82, 2.24) is 9.55 Å². The van der Waals surface area contributed by atoms with Gasteiger partial charge in [0.05, 0.1) is 15.5 Å². The number of nitrogens with zero attached hydrogens (tertiary/aromatic N) is 2. The molecule has 0 radical (unpaired) electrons. The summed E-state index contributed by atoms with van der Waals surface area (Å²) in [6.07, 6.45) is 0.820. The van der Waals surface area contributed by atoms with Crippen molar-refractivity contribution in [2.45, 2.75) is 26.8 Å². The van der Waals surface area contributed by atoms with Crippen LogP contribution in [0.1, 0.15) is 20.3 Å². The smallest absolute Gasteiger partial charge is 0.201 e. The Morgan fingerprint density at radius 1 is 1.45 bits per heavy atom. The van der Waals surface area contributed by atoms with Crippen LogP contribution in [0.4, 0.5) is 10.3 Å². The minimum atomic E-state index is -0.310. The van der Waals surface area contributed by atoms with Crippen LogP contribution in [-0.4, -0.2) is 22.8 Å². The quantitative estimate of drug-likeness (QED) is 0.815. The summed E-state index contributed by atoms with van der Waals surface area (Å²) < 4.78 is 21.4. The fourth-order valence-corrected chi connectivity index (χ4v) is 2.35. The number of aromatic nitrogens is 2. The summed E-state index contributed by atoms with van der Waals surface area (Å²) in [5, 5.41) is 0. The molecule has 20 heavy (non-hydrogen) atoms. The zero-order valence-electron chi connectivity index (χ0n) is 11.7. The number of rotatable bonds is 6. The number of hydrogen-bond donors (Lipinski definition) is 1. The van der Waals surface area contributed by atoms with Gasteiger partial charge in [0.1, 0.15) is 5.82 Å². The molecule has 0 atom stereocenters. The molecule has 0 aliphatic carbocycles. The fraction of sp³-hybridized carbons (Fsp3) is 0.500. The molecular formula is C14H19BrFN3O. The Labute approximate surface area is 126 Å². The minimum absolute atomic E-state index is 0.310. The molecule has 1 heterocycles. The number of hydrogen-bond acceptors (Lipinski definition) is 3. The van der Waals surface area contributed by atoms with Crippen molar-refractivity contribution in [1.29, 1.82) is 0 Å². The van der Waals surface area contributed by atoms with Crippen LogP contribution >= 0.6 is 15.9 Å². The lowest BCUT2D eigenvalue weighted by Gasteiger charge is -2.09. The van der Waals surface area contributed by atoms with E-state index in [1.54, 1.807) is 6.07 Å². The topological polar surface area (TPSA) is 53.1 Å². The fourth-order valence-electron chi connectivity index (χ4n) is 2.02. The monoisotopic (exact) mass is 343 g/mol. The molecule has 0 bridgehead atoms. The van der Waals surface area contributed by atoms with E-state index in [4.69, 9.17) is 10.5 Å². The lowest BCUT2D eigenvalue weighted by Crippen LogP contribution is -2.08. The molecular weight excluding hydrogens is 325 g/mol. The van der Waals surface area contributed by atoms with Crippen molar-refractivity contribution < 1.29 is 9.13 Å². The van der Waals surface area contributed by atoms with Crippen molar-refractivity contribution in [2.24, 2.45) is 5.92 Å². The highest BCUT2D eigenvalue weighted by Gasteiger charge is 2.11. The standard InChI is InChI=1S/C14H19BrFN3O/c1-9(2)8-20-5-3-4-19-13-7-11(16)10(15)6-12(13)18-14(19)17/h6-7,9H,3-5,8H2,1-2H3,(H2,17,18). The van der Waals surface area contributed by atoms with Crippen molar-refractivity contribution in [3.63, 3.8) is 0 Å². The first-order valence-corrected chi connectivity index (χ1v) is 7.47. The van der Waals surface area contributed by atoms with Gasteiger partial charge in [-0.25, -0.2) is 9.37 Å². The number of nitrogens with two attached hydrogens (primary N) is 1. The molecule has 1 aromatic heterocycles. The third kappa shape index (κ3) is 3.49. The summed E-state index contributed by atoms with van der Waals surface area (Å²) >= 11 is 3.15. The van der Waals surface area contributed by atoms with Gasteiger partial charge in [-0.1, -0.05) is 13.8 Å². The van der Waals surface area contributed by atoms with Crippen LogP contribution in [0.5, 0.6) is 0 Å². The van der Waals surface area contributed by atoms with Crippen LogP contribution in [0.15, 0.2) is 16.6 Å². The molecule has 0 saturated carbocycles. The molecule has 0 unspecified atom stereocenters. The van der Waals surface area contributed by atoms with Gasteiger partial charge in [-0.15, -0.1) is 0 Å². The molecule has 0 saturated heterocycles. The summed E-state index contributed by atoms with van der Waals surface area (Å²) in [6, 6.07) is 3.10. The molecule has 0 aliphatic rings. The van der Waals surface area contributed by atoms with Crippen LogP contribution in [-0.2, 0) is 11.3 Å². The molecule has 6 heteroatoms. The highest BCUT2D eigenvalue weighted by molar-refractivity contribution is 9.10. The molecule has 0 aliphatic heterocycles. The number of anilines is 1. The largest absolute Gasteiger partial charge is 0.381 e. The second-order valence-electron chi connectivity index (χ2n) is 5.20. The van der Waals surface area contributed by atoms with Gasteiger partial charge in [0.2, 0.25) is 5.95 Å². The first kappa shape index (κ1) is 15.3. The summed E-state index contributed by atoms with van der Waals surface area (Å²) in [4.78, 5) is 4.25. The van der Waals surface area contributed by atoms with E-state index < -0.39 is 0 Å². The van der Waals surface area contributed by atoms with Gasteiger partial charge in [0, 0.05) is 25.8 Å². The molecule has 110 valence electrons. The first-order valence-electron chi connectivity index (χ1n) is 6.67. The second-order valence-corrected chi connectivity index (χ2v) is 6.05. The van der Waals surface area contributed by atoms with E-state index in [-0.39, 0.29) is 5.82 Å². The SMILES string of the molecule is CC(C)COCCCn1c(N)nc2cc(Br)c(F)cc21. The maximum absolute atomic E-state index is 13.6. The maximum Gasteiger partial charge on any atom is 0.201 e. The van der Waals surface area contributed by atoms with E-state index in [9.17, 15) is 4.39 Å². The Bertz CT molecular complexity index is 598. The Balaban J connectivity index is 2.06. The molecule has 0 fully saturated rings. The number of imidazole rings is 1. The summed E-state index contributed by atoms with van der Waals surface area (Å²) in [5.41, 5.74) is 7.30. The first-order chi connectivity index (χ1) is 9.49. The average Bonchev–Trinajstić information content (AvgIpc) is 2.65. The minimum Gasteiger partial charge on any atom is -0.381 e. The predicted octanol–water partition coefficient (Wildman–Crippen LogP) is 3.58. The number of aryl methyl sites for hydroxylation is 1. The summed E-state index contributed by atoms with van der Waals surface area (Å²) in [5.74, 6) is 0.622. The normalized spacial score (nSPS) is 11.7. The van der Waals surface area contributed by atoms with E-state index in [1.807, 2.05) is 4.57 Å². The van der Waals surface area contributed by atoms with Gasteiger partial charge in [-0.3, -0.25) is 0 Å². The van der Waals surface area contributed by atoms with Crippen molar-refractivity contribution in [3.05, 3.63) is 22.4 Å². The van der Waals surface area contributed by atoms with E-state index in [0.717, 1.165) is 13.0 Å². The second kappa shape index (κ2) is 6.54. The zero-order valence-corrected chi connectivity index (χ0v) is 13.3. The Kier molecular flexibility index (Phi) is 4.99. The van der Waals surface area contributed by atoms with Crippen LogP contribution in [0.3, 0.4) is 0 Å². The molecule has 1 aromatic carbocycles. The zero-order chi connectivity index (χ0) is 14.7. The Hall–Kier alpha value is -1.14. The molecule has 2 N–H and O–H groups in total. The Morgan fingerprint density at radius 3 is 2.90 bits per heavy atom. The average molecular weight is 344 g/mol.